The van der Waals surface area contributed by atoms with E-state index in [0.717, 1.165) is 5.56 Å². The van der Waals surface area contributed by atoms with E-state index < -0.39 is 10.0 Å². The fourth-order valence-electron chi connectivity index (χ4n) is 2.21. The lowest BCUT2D eigenvalue weighted by Crippen LogP contribution is -2.30. The highest BCUT2D eigenvalue weighted by Gasteiger charge is 2.58. The van der Waals surface area contributed by atoms with Gasteiger partial charge in [0, 0.05) is 13.1 Å². The van der Waals surface area contributed by atoms with E-state index in [9.17, 15) is 8.42 Å². The first-order chi connectivity index (χ1) is 8.44. The molecule has 2 aliphatic rings. The Bertz CT molecular complexity index is 565. The molecule has 3 rings (SSSR count). The smallest absolute Gasteiger partial charge is 0.243 e. The molecule has 0 N–H and O–H groups in total. The molecule has 0 amide bonds. The second kappa shape index (κ2) is 4.03. The maximum atomic E-state index is 12.5. The summed E-state index contributed by atoms with van der Waals surface area (Å²) in [7, 11) is -3.40. The number of hydrogen-bond acceptors (Lipinski definition) is 3. The van der Waals surface area contributed by atoms with E-state index in [-0.39, 0.29) is 10.4 Å². The summed E-state index contributed by atoms with van der Waals surface area (Å²) in [6.45, 7) is 3.49. The van der Waals surface area contributed by atoms with Crippen LogP contribution < -0.4 is 0 Å². The molecule has 6 heteroatoms. The number of benzene rings is 1. The molecule has 18 heavy (non-hydrogen) atoms. The van der Waals surface area contributed by atoms with Gasteiger partial charge < -0.3 is 4.74 Å². The van der Waals surface area contributed by atoms with Gasteiger partial charge in [0.25, 0.3) is 0 Å². The lowest BCUT2D eigenvalue weighted by atomic mass is 10.1. The standard InChI is InChI=1S/C12H14BrNO3S/c1-9-2-4-10(5-3-9)18(15,16)14-6-11(13)12(7-14)8-17-12/h2-5,11H,6-8H2,1H3. The molecule has 0 bridgehead atoms. The van der Waals surface area contributed by atoms with Crippen LogP contribution in [0.15, 0.2) is 29.2 Å². The van der Waals surface area contributed by atoms with E-state index in [0.29, 0.717) is 24.6 Å². The van der Waals surface area contributed by atoms with Gasteiger partial charge in [-0.05, 0) is 19.1 Å². The molecule has 2 aliphatic heterocycles. The molecule has 2 saturated heterocycles. The summed E-state index contributed by atoms with van der Waals surface area (Å²) in [5.41, 5.74) is 0.772. The molecule has 0 aromatic heterocycles. The Morgan fingerprint density at radius 1 is 1.39 bits per heavy atom. The summed E-state index contributed by atoms with van der Waals surface area (Å²) in [6.07, 6.45) is 0. The Morgan fingerprint density at radius 2 is 2.00 bits per heavy atom. The van der Waals surface area contributed by atoms with Gasteiger partial charge in [0.15, 0.2) is 0 Å². The minimum Gasteiger partial charge on any atom is -0.367 e. The van der Waals surface area contributed by atoms with E-state index in [1.165, 1.54) is 4.31 Å². The predicted molar refractivity (Wildman–Crippen MR) is 71.3 cm³/mol. The van der Waals surface area contributed by atoms with E-state index in [1.807, 2.05) is 19.1 Å². The zero-order valence-corrected chi connectivity index (χ0v) is 12.4. The maximum absolute atomic E-state index is 12.5. The van der Waals surface area contributed by atoms with Crippen LogP contribution in [0.1, 0.15) is 5.56 Å². The average Bonchev–Trinajstić information content (AvgIpc) is 3.01. The molecule has 2 unspecified atom stereocenters. The van der Waals surface area contributed by atoms with Crippen molar-refractivity contribution in [3.05, 3.63) is 29.8 Å². The van der Waals surface area contributed by atoms with Crippen LogP contribution in [0.3, 0.4) is 0 Å². The van der Waals surface area contributed by atoms with Gasteiger partial charge in [-0.2, -0.15) is 4.31 Å². The summed E-state index contributed by atoms with van der Waals surface area (Å²) < 4.78 is 31.8. The minimum atomic E-state index is -3.40. The molecule has 0 radical (unpaired) electrons. The number of nitrogens with zero attached hydrogens (tertiary/aromatic N) is 1. The first kappa shape index (κ1) is 12.6. The number of alkyl halides is 1. The molecular weight excluding hydrogens is 318 g/mol. The lowest BCUT2D eigenvalue weighted by molar-refractivity contribution is 0.316. The second-order valence-electron chi connectivity index (χ2n) is 4.93. The molecule has 4 nitrogen and oxygen atoms in total. The van der Waals surface area contributed by atoms with Crippen LogP contribution in [0.4, 0.5) is 0 Å². The molecule has 2 fully saturated rings. The molecular formula is C12H14BrNO3S. The Kier molecular flexibility index (Phi) is 2.82. The molecule has 98 valence electrons. The number of hydrogen-bond donors (Lipinski definition) is 0. The molecule has 2 heterocycles. The van der Waals surface area contributed by atoms with Crippen molar-refractivity contribution in [3.63, 3.8) is 0 Å². The quantitative estimate of drug-likeness (QED) is 0.610. The molecule has 1 spiro atoms. The van der Waals surface area contributed by atoms with Crippen LogP contribution in [0.2, 0.25) is 0 Å². The van der Waals surface area contributed by atoms with Crippen molar-refractivity contribution in [2.75, 3.05) is 19.7 Å². The number of sulfonamides is 1. The number of aryl methyl sites for hydroxylation is 1. The molecule has 1 aromatic carbocycles. The van der Waals surface area contributed by atoms with Crippen molar-refractivity contribution in [1.82, 2.24) is 4.31 Å². The number of epoxide rings is 1. The fraction of sp³-hybridized carbons (Fsp3) is 0.500. The third kappa shape index (κ3) is 1.91. The zero-order valence-electron chi connectivity index (χ0n) is 9.97. The zero-order chi connectivity index (χ0) is 13.0. The third-order valence-electron chi connectivity index (χ3n) is 3.55. The van der Waals surface area contributed by atoms with Gasteiger partial charge in [-0.15, -0.1) is 0 Å². The van der Waals surface area contributed by atoms with Gasteiger partial charge in [0.1, 0.15) is 5.60 Å². The van der Waals surface area contributed by atoms with Crippen molar-refractivity contribution in [3.8, 4) is 0 Å². The average molecular weight is 332 g/mol. The van der Waals surface area contributed by atoms with E-state index >= 15 is 0 Å². The monoisotopic (exact) mass is 331 g/mol. The Balaban J connectivity index is 1.89. The van der Waals surface area contributed by atoms with Gasteiger partial charge in [-0.3, -0.25) is 0 Å². The number of ether oxygens (including phenoxy) is 1. The SMILES string of the molecule is Cc1ccc(S(=O)(=O)N2CC(Br)C3(CO3)C2)cc1. The third-order valence-corrected chi connectivity index (χ3v) is 6.50. The number of rotatable bonds is 2. The highest BCUT2D eigenvalue weighted by atomic mass is 79.9. The summed E-state index contributed by atoms with van der Waals surface area (Å²) in [6, 6.07) is 6.95. The highest BCUT2D eigenvalue weighted by molar-refractivity contribution is 9.09. The maximum Gasteiger partial charge on any atom is 0.243 e. The Labute approximate surface area is 115 Å². The summed E-state index contributed by atoms with van der Waals surface area (Å²) in [5, 5.41) is 0. The van der Waals surface area contributed by atoms with Gasteiger partial charge in [0.05, 0.1) is 16.3 Å². The normalized spacial score (nSPS) is 32.0. The van der Waals surface area contributed by atoms with Crippen LogP contribution >= 0.6 is 15.9 Å². The summed E-state index contributed by atoms with van der Waals surface area (Å²) >= 11 is 3.51. The van der Waals surface area contributed by atoms with Crippen molar-refractivity contribution >= 4 is 26.0 Å². The molecule has 1 aromatic rings. The molecule has 0 aliphatic carbocycles. The van der Waals surface area contributed by atoms with Crippen molar-refractivity contribution in [2.24, 2.45) is 0 Å². The Morgan fingerprint density at radius 3 is 2.50 bits per heavy atom. The Hall–Kier alpha value is -0.430. The van der Waals surface area contributed by atoms with Crippen molar-refractivity contribution in [1.29, 1.82) is 0 Å². The van der Waals surface area contributed by atoms with Gasteiger partial charge in [0.2, 0.25) is 10.0 Å². The summed E-state index contributed by atoms with van der Waals surface area (Å²) in [5.74, 6) is 0. The molecule has 0 saturated carbocycles. The topological polar surface area (TPSA) is 49.9 Å². The van der Waals surface area contributed by atoms with E-state index in [1.54, 1.807) is 12.1 Å². The van der Waals surface area contributed by atoms with Crippen molar-refractivity contribution < 1.29 is 13.2 Å². The van der Waals surface area contributed by atoms with Crippen molar-refractivity contribution in [2.45, 2.75) is 22.2 Å². The fourth-order valence-corrected chi connectivity index (χ4v) is 4.68. The predicted octanol–water partition coefficient (Wildman–Crippen LogP) is 1.53. The van der Waals surface area contributed by atoms with Gasteiger partial charge in [-0.25, -0.2) is 8.42 Å². The first-order valence-corrected chi connectivity index (χ1v) is 8.14. The first-order valence-electron chi connectivity index (χ1n) is 5.79. The summed E-state index contributed by atoms with van der Waals surface area (Å²) in [4.78, 5) is 0.440. The van der Waals surface area contributed by atoms with Crippen LogP contribution in [0, 0.1) is 6.92 Å². The minimum absolute atomic E-state index is 0.0882. The number of halogens is 1. The van der Waals surface area contributed by atoms with Gasteiger partial charge >= 0.3 is 0 Å². The second-order valence-corrected chi connectivity index (χ2v) is 7.97. The van der Waals surface area contributed by atoms with E-state index in [4.69, 9.17) is 4.74 Å². The highest BCUT2D eigenvalue weighted by Crippen LogP contribution is 2.43. The van der Waals surface area contributed by atoms with Crippen LogP contribution in [-0.4, -0.2) is 42.8 Å². The van der Waals surface area contributed by atoms with E-state index in [2.05, 4.69) is 15.9 Å². The molecule has 2 atom stereocenters. The van der Waals surface area contributed by atoms with Gasteiger partial charge in [-0.1, -0.05) is 33.6 Å². The van der Waals surface area contributed by atoms with Crippen LogP contribution in [0.25, 0.3) is 0 Å². The van der Waals surface area contributed by atoms with Crippen LogP contribution in [0.5, 0.6) is 0 Å². The lowest BCUT2D eigenvalue weighted by Gasteiger charge is -2.15. The van der Waals surface area contributed by atoms with Crippen LogP contribution in [-0.2, 0) is 14.8 Å². The largest absolute Gasteiger partial charge is 0.367 e.